The van der Waals surface area contributed by atoms with Crippen LogP contribution < -0.4 is 4.74 Å². The Bertz CT molecular complexity index is 2400. The number of hydrogen-bond donors (Lipinski definition) is 0. The van der Waals surface area contributed by atoms with Crippen LogP contribution >= 0.6 is 0 Å². The first-order chi connectivity index (χ1) is 53.3. The van der Waals surface area contributed by atoms with Gasteiger partial charge in [-0.3, -0.25) is 4.79 Å². The van der Waals surface area contributed by atoms with Crippen LogP contribution in [-0.2, 0) is 129 Å². The maximum atomic E-state index is 12.1. The lowest BCUT2D eigenvalue weighted by Gasteiger charge is -2.33. The SMILES string of the molecule is COCCOCCOCCOCCOCCOCCOCCOCCOCCOCCOCCOCCCC1(CCCOCCOCCOCCOCCOCCOCCOCCOCCOCCOCCOCCOC)c2ccccc2-c2ccc(-c3ccc(OCCCCCC(=O)OC(C)(C)C)cc3)cc21. The molecule has 0 radical (unpaired) electrons. The van der Waals surface area contributed by atoms with Crippen LogP contribution in [0.25, 0.3) is 22.3 Å². The molecule has 4 rings (SSSR count). The molecule has 0 bridgehead atoms. The fourth-order valence-corrected chi connectivity index (χ4v) is 11.0. The van der Waals surface area contributed by atoms with Crippen molar-refractivity contribution in [1.82, 2.24) is 0 Å². The minimum atomic E-state index is -0.469. The first kappa shape index (κ1) is 96.3. The van der Waals surface area contributed by atoms with Crippen LogP contribution in [0.2, 0.25) is 0 Å². The van der Waals surface area contributed by atoms with E-state index >= 15 is 0 Å². The van der Waals surface area contributed by atoms with Gasteiger partial charge in [0.2, 0.25) is 0 Å². The molecule has 622 valence electrons. The lowest BCUT2D eigenvalue weighted by atomic mass is 9.71. The summed E-state index contributed by atoms with van der Waals surface area (Å²) in [5, 5.41) is 0. The van der Waals surface area contributed by atoms with Gasteiger partial charge in [0.05, 0.1) is 297 Å². The minimum Gasteiger partial charge on any atom is -0.494 e. The molecule has 0 aromatic heterocycles. The van der Waals surface area contributed by atoms with E-state index in [9.17, 15) is 4.79 Å². The Morgan fingerprint density at radius 3 is 0.861 bits per heavy atom. The summed E-state index contributed by atoms with van der Waals surface area (Å²) in [6, 6.07) is 24.1. The van der Waals surface area contributed by atoms with Crippen LogP contribution in [0.1, 0.15) is 83.3 Å². The predicted molar refractivity (Wildman–Crippen MR) is 408 cm³/mol. The van der Waals surface area contributed by atoms with Crippen molar-refractivity contribution in [3.8, 4) is 28.0 Å². The Kier molecular flexibility index (Phi) is 62.1. The van der Waals surface area contributed by atoms with E-state index in [1.807, 2.05) is 32.9 Å². The number of esters is 1. The summed E-state index contributed by atoms with van der Waals surface area (Å²) in [5.74, 6) is 0.666. The summed E-state index contributed by atoms with van der Waals surface area (Å²) in [6.45, 7) is 29.4. The summed E-state index contributed by atoms with van der Waals surface area (Å²) in [4.78, 5) is 12.1. The quantitative estimate of drug-likeness (QED) is 0.0377. The molecule has 0 fully saturated rings. The molecule has 0 saturated carbocycles. The largest absolute Gasteiger partial charge is 0.494 e. The van der Waals surface area contributed by atoms with Crippen LogP contribution in [0.5, 0.6) is 5.75 Å². The van der Waals surface area contributed by atoms with E-state index in [0.717, 1.165) is 61.8 Å². The third-order valence-electron chi connectivity index (χ3n) is 16.3. The normalized spacial score (nSPS) is 12.6. The number of unbranched alkanes of at least 4 members (excludes halogenated alkanes) is 2. The van der Waals surface area contributed by atoms with Crippen LogP contribution in [-0.4, -0.2) is 336 Å². The average molecular weight is 1540 g/mol. The zero-order valence-electron chi connectivity index (χ0n) is 66.3. The highest BCUT2D eigenvalue weighted by Crippen LogP contribution is 2.54. The van der Waals surface area contributed by atoms with Crippen LogP contribution in [0.4, 0.5) is 0 Å². The molecule has 3 aromatic rings. The van der Waals surface area contributed by atoms with Gasteiger partial charge in [-0.05, 0) is 117 Å². The summed E-state index contributed by atoms with van der Waals surface area (Å²) in [6.07, 6.45) is 6.46. The van der Waals surface area contributed by atoms with Crippen molar-refractivity contribution < 1.29 is 128 Å². The molecule has 0 spiro atoms. The van der Waals surface area contributed by atoms with Crippen LogP contribution in [0, 0.1) is 0 Å². The Labute approximate surface area is 645 Å². The van der Waals surface area contributed by atoms with Gasteiger partial charge >= 0.3 is 5.97 Å². The molecule has 0 amide bonds. The zero-order valence-corrected chi connectivity index (χ0v) is 66.3. The highest BCUT2D eigenvalue weighted by atomic mass is 16.6. The molecule has 0 atom stereocenters. The molecule has 0 heterocycles. The predicted octanol–water partition coefficient (Wildman–Crippen LogP) is 9.12. The van der Waals surface area contributed by atoms with Gasteiger partial charge in [-0.2, -0.15) is 0 Å². The lowest BCUT2D eigenvalue weighted by Crippen LogP contribution is -2.27. The van der Waals surface area contributed by atoms with E-state index in [0.29, 0.717) is 317 Å². The molecule has 0 saturated heterocycles. The maximum Gasteiger partial charge on any atom is 0.306 e. The fourth-order valence-electron chi connectivity index (χ4n) is 11.0. The van der Waals surface area contributed by atoms with Crippen molar-refractivity contribution in [2.45, 2.75) is 83.2 Å². The number of hydrogen-bond acceptors (Lipinski definition) is 27. The Morgan fingerprint density at radius 1 is 0.278 bits per heavy atom. The standard InChI is InChI=1S/C81H136O27/c1-80(2,3)108-79(82)15-7-6-10-26-107-74-19-16-72(17-20-74)73-18-21-76-75-13-8-9-14-77(75)81(78(76)71-73,22-11-24-85-31-33-89-39-41-93-47-49-97-55-57-101-63-65-105-69-67-103-61-59-99-53-51-95-45-43-91-37-35-87-29-27-83-4)23-12-25-86-32-34-90-40-42-94-48-50-98-56-58-102-64-66-106-70-68-104-62-60-100-54-52-96-46-44-92-38-36-88-30-28-84-5/h8-9,13-14,16-21,71H,6-7,10-12,15,22-70H2,1-5H3. The second-order valence-electron chi connectivity index (χ2n) is 25.8. The Balaban J connectivity index is 1.04. The van der Waals surface area contributed by atoms with Crippen molar-refractivity contribution in [2.24, 2.45) is 0 Å². The molecule has 108 heavy (non-hydrogen) atoms. The van der Waals surface area contributed by atoms with Gasteiger partial charge in [0.15, 0.2) is 0 Å². The van der Waals surface area contributed by atoms with Gasteiger partial charge in [0, 0.05) is 39.3 Å². The summed E-state index contributed by atoms with van der Waals surface area (Å²) < 4.78 is 145. The monoisotopic (exact) mass is 1540 g/mol. The molecule has 1 aliphatic rings. The maximum absolute atomic E-state index is 12.1. The highest BCUT2D eigenvalue weighted by molar-refractivity contribution is 5.84. The second kappa shape index (κ2) is 69.7. The topological polar surface area (TPSA) is 257 Å². The smallest absolute Gasteiger partial charge is 0.306 e. The Morgan fingerprint density at radius 2 is 0.556 bits per heavy atom. The van der Waals surface area contributed by atoms with E-state index in [1.165, 1.54) is 22.3 Å². The van der Waals surface area contributed by atoms with Crippen LogP contribution in [0.15, 0.2) is 66.7 Å². The van der Waals surface area contributed by atoms with Gasteiger partial charge in [-0.15, -0.1) is 0 Å². The zero-order chi connectivity index (χ0) is 76.7. The third kappa shape index (κ3) is 51.6. The molecule has 0 aliphatic heterocycles. The molecule has 1 aliphatic carbocycles. The fraction of sp³-hybridized carbons (Fsp3) is 0.765. The molecule has 27 heteroatoms. The molecule has 27 nitrogen and oxygen atoms in total. The number of ether oxygens (including phenoxy) is 26. The van der Waals surface area contributed by atoms with E-state index in [1.54, 1.807) is 14.2 Å². The number of methoxy groups -OCH3 is 2. The second-order valence-corrected chi connectivity index (χ2v) is 25.8. The van der Waals surface area contributed by atoms with Crippen molar-refractivity contribution in [1.29, 1.82) is 0 Å². The average Bonchev–Trinajstić information content (AvgIpc) is 1.57. The minimum absolute atomic E-state index is 0.156. The first-order valence-corrected chi connectivity index (χ1v) is 39.1. The first-order valence-electron chi connectivity index (χ1n) is 39.1. The molecule has 0 N–H and O–H groups in total. The van der Waals surface area contributed by atoms with Gasteiger partial charge in [-0.25, -0.2) is 0 Å². The number of fused-ring (bicyclic) bond motifs is 3. The van der Waals surface area contributed by atoms with Crippen molar-refractivity contribution in [3.05, 3.63) is 77.9 Å². The number of carbonyl (C=O) groups excluding carboxylic acids is 1. The van der Waals surface area contributed by atoms with Crippen molar-refractivity contribution in [3.63, 3.8) is 0 Å². The highest BCUT2D eigenvalue weighted by Gasteiger charge is 2.42. The van der Waals surface area contributed by atoms with E-state index in [2.05, 4.69) is 54.6 Å². The summed E-state index contributed by atoms with van der Waals surface area (Å²) in [5.41, 5.74) is 6.76. The van der Waals surface area contributed by atoms with Gasteiger partial charge in [0.25, 0.3) is 0 Å². The Hall–Kier alpha value is -4.03. The number of rotatable bonds is 82. The summed E-state index contributed by atoms with van der Waals surface area (Å²) in [7, 11) is 3.29. The molecule has 3 aromatic carbocycles. The van der Waals surface area contributed by atoms with Crippen molar-refractivity contribution in [2.75, 3.05) is 325 Å². The lowest BCUT2D eigenvalue weighted by molar-refractivity contribution is -0.154. The third-order valence-corrected chi connectivity index (χ3v) is 16.3. The molecular formula is C81H136O27. The molecular weight excluding hydrogens is 1400 g/mol. The van der Waals surface area contributed by atoms with E-state index in [-0.39, 0.29) is 11.4 Å². The van der Waals surface area contributed by atoms with Gasteiger partial charge in [-0.1, -0.05) is 48.5 Å². The van der Waals surface area contributed by atoms with Gasteiger partial charge < -0.3 is 123 Å². The van der Waals surface area contributed by atoms with Crippen molar-refractivity contribution >= 4 is 5.97 Å². The number of benzene rings is 3. The summed E-state index contributed by atoms with van der Waals surface area (Å²) >= 11 is 0. The van der Waals surface area contributed by atoms with Gasteiger partial charge in [0.1, 0.15) is 11.4 Å². The van der Waals surface area contributed by atoms with E-state index in [4.69, 9.17) is 123 Å². The van der Waals surface area contributed by atoms with Crippen LogP contribution in [0.3, 0.4) is 0 Å². The number of carbonyl (C=O) groups is 1. The molecule has 0 unspecified atom stereocenters. The van der Waals surface area contributed by atoms with E-state index < -0.39 is 5.60 Å².